The average Bonchev–Trinajstić information content (AvgIpc) is 2.81. The van der Waals surface area contributed by atoms with Gasteiger partial charge in [0.25, 0.3) is 0 Å². The maximum atomic E-state index is 5.99. The number of hydrogen-bond acceptors (Lipinski definition) is 2. The van der Waals surface area contributed by atoms with E-state index in [1.54, 1.807) is 0 Å². The first-order chi connectivity index (χ1) is 7.72. The van der Waals surface area contributed by atoms with Gasteiger partial charge in [-0.1, -0.05) is 22.0 Å². The first-order valence-corrected chi connectivity index (χ1v) is 7.85. The molecule has 0 saturated carbocycles. The van der Waals surface area contributed by atoms with Crippen LogP contribution in [0, 0.1) is 0 Å². The Balaban J connectivity index is 2.26. The lowest BCUT2D eigenvalue weighted by molar-refractivity contribution is 0.698. The number of benzene rings is 1. The Bertz CT molecular complexity index is 366. The molecular weight excluding hydrogens is 306 g/mol. The van der Waals surface area contributed by atoms with Gasteiger partial charge >= 0.3 is 0 Å². The van der Waals surface area contributed by atoms with Crippen molar-refractivity contribution in [3.05, 3.63) is 28.2 Å². The van der Waals surface area contributed by atoms with Gasteiger partial charge in [0.05, 0.1) is 0 Å². The molecule has 0 aliphatic carbocycles. The monoisotopic (exact) mass is 319 g/mol. The first-order valence-electron chi connectivity index (χ1n) is 5.37. The van der Waals surface area contributed by atoms with Crippen molar-refractivity contribution in [1.29, 1.82) is 0 Å². The Hall–Kier alpha value is 0.140. The maximum absolute atomic E-state index is 5.99. The molecule has 1 atom stereocenters. The Labute approximate surface area is 115 Å². The van der Waals surface area contributed by atoms with Crippen molar-refractivity contribution >= 4 is 45.0 Å². The van der Waals surface area contributed by atoms with Crippen LogP contribution in [0.2, 0.25) is 0 Å². The molecule has 0 spiro atoms. The highest BCUT2D eigenvalue weighted by Crippen LogP contribution is 2.31. The molecular formula is C12H15BrClNS. The van der Waals surface area contributed by atoms with E-state index in [2.05, 4.69) is 46.1 Å². The Morgan fingerprint density at radius 2 is 2.38 bits per heavy atom. The predicted molar refractivity (Wildman–Crippen MR) is 77.8 cm³/mol. The number of alkyl halides is 1. The summed E-state index contributed by atoms with van der Waals surface area (Å²) >= 11 is 11.6. The summed E-state index contributed by atoms with van der Waals surface area (Å²) in [5, 5.41) is 0. The van der Waals surface area contributed by atoms with E-state index in [9.17, 15) is 0 Å². The minimum atomic E-state index is 0.576. The van der Waals surface area contributed by atoms with Crippen LogP contribution in [-0.2, 0) is 5.88 Å². The molecule has 0 bridgehead atoms. The summed E-state index contributed by atoms with van der Waals surface area (Å²) in [5.41, 5.74) is 2.47. The van der Waals surface area contributed by atoms with Crippen molar-refractivity contribution in [2.24, 2.45) is 0 Å². The van der Waals surface area contributed by atoms with Crippen LogP contribution in [-0.4, -0.2) is 24.6 Å². The molecule has 0 amide bonds. The van der Waals surface area contributed by atoms with E-state index in [-0.39, 0.29) is 0 Å². The van der Waals surface area contributed by atoms with Crippen LogP contribution in [0.5, 0.6) is 0 Å². The van der Waals surface area contributed by atoms with Gasteiger partial charge in [0.2, 0.25) is 0 Å². The standard InChI is InChI=1S/C12H15BrClNS/c1-15(11-4-5-16-8-11)12-6-10(13)3-2-9(12)7-14/h2-3,6,11H,4-5,7-8H2,1H3. The molecule has 1 aliphatic rings. The zero-order valence-electron chi connectivity index (χ0n) is 9.25. The van der Waals surface area contributed by atoms with Gasteiger partial charge in [-0.05, 0) is 29.9 Å². The summed E-state index contributed by atoms with van der Waals surface area (Å²) in [6, 6.07) is 6.98. The largest absolute Gasteiger partial charge is 0.370 e. The molecule has 1 unspecified atom stereocenters. The van der Waals surface area contributed by atoms with Crippen molar-refractivity contribution in [3.63, 3.8) is 0 Å². The lowest BCUT2D eigenvalue weighted by Gasteiger charge is -2.28. The molecule has 1 nitrogen and oxygen atoms in total. The molecule has 0 aromatic heterocycles. The Morgan fingerprint density at radius 1 is 1.56 bits per heavy atom. The first kappa shape index (κ1) is 12.6. The van der Waals surface area contributed by atoms with Gasteiger partial charge in [0.15, 0.2) is 0 Å². The van der Waals surface area contributed by atoms with Gasteiger partial charge in [-0.3, -0.25) is 0 Å². The SMILES string of the molecule is CN(c1cc(Br)ccc1CCl)C1CCSC1. The third-order valence-electron chi connectivity index (χ3n) is 3.02. The van der Waals surface area contributed by atoms with Crippen LogP contribution in [0.3, 0.4) is 0 Å². The third-order valence-corrected chi connectivity index (χ3v) is 4.95. The lowest BCUT2D eigenvalue weighted by Crippen LogP contribution is -2.31. The molecule has 1 fully saturated rings. The molecule has 1 aliphatic heterocycles. The highest BCUT2D eigenvalue weighted by molar-refractivity contribution is 9.10. The van der Waals surface area contributed by atoms with Crippen molar-refractivity contribution < 1.29 is 0 Å². The zero-order valence-corrected chi connectivity index (χ0v) is 12.4. The van der Waals surface area contributed by atoms with Gasteiger partial charge in [0, 0.05) is 34.9 Å². The second kappa shape index (κ2) is 5.65. The number of thioether (sulfide) groups is 1. The molecule has 0 radical (unpaired) electrons. The van der Waals surface area contributed by atoms with Gasteiger partial charge < -0.3 is 4.90 Å². The maximum Gasteiger partial charge on any atom is 0.0494 e. The summed E-state index contributed by atoms with van der Waals surface area (Å²) in [6.45, 7) is 0. The normalized spacial score (nSPS) is 20.1. The summed E-state index contributed by atoms with van der Waals surface area (Å²) in [6.07, 6.45) is 1.27. The highest BCUT2D eigenvalue weighted by atomic mass is 79.9. The van der Waals surface area contributed by atoms with Crippen molar-refractivity contribution in [2.45, 2.75) is 18.3 Å². The number of rotatable bonds is 3. The highest BCUT2D eigenvalue weighted by Gasteiger charge is 2.21. The molecule has 1 aromatic rings. The van der Waals surface area contributed by atoms with Crippen LogP contribution < -0.4 is 4.90 Å². The summed E-state index contributed by atoms with van der Waals surface area (Å²) in [4.78, 5) is 2.38. The van der Waals surface area contributed by atoms with E-state index in [0.717, 1.165) is 4.47 Å². The van der Waals surface area contributed by atoms with E-state index >= 15 is 0 Å². The summed E-state index contributed by atoms with van der Waals surface area (Å²) in [5.74, 6) is 3.08. The van der Waals surface area contributed by atoms with Gasteiger partial charge in [-0.15, -0.1) is 11.6 Å². The number of anilines is 1. The Kier molecular flexibility index (Phi) is 4.45. The minimum absolute atomic E-state index is 0.576. The topological polar surface area (TPSA) is 3.24 Å². The third kappa shape index (κ3) is 2.69. The van der Waals surface area contributed by atoms with E-state index < -0.39 is 0 Å². The number of hydrogen-bond donors (Lipinski definition) is 0. The van der Waals surface area contributed by atoms with Crippen molar-refractivity contribution in [1.82, 2.24) is 0 Å². The Morgan fingerprint density at radius 3 is 3.00 bits per heavy atom. The number of nitrogens with zero attached hydrogens (tertiary/aromatic N) is 1. The molecule has 1 saturated heterocycles. The van der Waals surface area contributed by atoms with Crippen LogP contribution in [0.15, 0.2) is 22.7 Å². The average molecular weight is 321 g/mol. The fourth-order valence-corrected chi connectivity index (χ4v) is 3.85. The fraction of sp³-hybridized carbons (Fsp3) is 0.500. The number of halogens is 2. The van der Waals surface area contributed by atoms with Crippen molar-refractivity contribution in [2.75, 3.05) is 23.5 Å². The van der Waals surface area contributed by atoms with E-state index in [1.807, 2.05) is 11.8 Å². The van der Waals surface area contributed by atoms with E-state index in [1.165, 1.54) is 29.2 Å². The van der Waals surface area contributed by atoms with Crippen molar-refractivity contribution in [3.8, 4) is 0 Å². The molecule has 2 rings (SSSR count). The predicted octanol–water partition coefficient (Wildman–Crippen LogP) is 4.13. The molecule has 1 aromatic carbocycles. The fourth-order valence-electron chi connectivity index (χ4n) is 2.00. The van der Waals surface area contributed by atoms with Gasteiger partial charge in [-0.2, -0.15) is 11.8 Å². The minimum Gasteiger partial charge on any atom is -0.370 e. The summed E-state index contributed by atoms with van der Waals surface area (Å²) < 4.78 is 1.12. The zero-order chi connectivity index (χ0) is 11.5. The second-order valence-electron chi connectivity index (χ2n) is 4.03. The van der Waals surface area contributed by atoms with Gasteiger partial charge in [-0.25, -0.2) is 0 Å². The van der Waals surface area contributed by atoms with Gasteiger partial charge in [0.1, 0.15) is 0 Å². The molecule has 16 heavy (non-hydrogen) atoms. The second-order valence-corrected chi connectivity index (χ2v) is 6.37. The van der Waals surface area contributed by atoms with E-state index in [4.69, 9.17) is 11.6 Å². The van der Waals surface area contributed by atoms with Crippen LogP contribution in [0.1, 0.15) is 12.0 Å². The van der Waals surface area contributed by atoms with E-state index in [0.29, 0.717) is 11.9 Å². The quantitative estimate of drug-likeness (QED) is 0.770. The van der Waals surface area contributed by atoms with Crippen LogP contribution >= 0.6 is 39.3 Å². The molecule has 88 valence electrons. The van der Waals surface area contributed by atoms with Crippen LogP contribution in [0.25, 0.3) is 0 Å². The molecule has 1 heterocycles. The smallest absolute Gasteiger partial charge is 0.0494 e. The molecule has 4 heteroatoms. The van der Waals surface area contributed by atoms with Crippen LogP contribution in [0.4, 0.5) is 5.69 Å². The summed E-state index contributed by atoms with van der Waals surface area (Å²) in [7, 11) is 2.17. The molecule has 0 N–H and O–H groups in total. The lowest BCUT2D eigenvalue weighted by atomic mass is 10.1.